The van der Waals surface area contributed by atoms with Crippen molar-refractivity contribution < 1.29 is 9.53 Å². The van der Waals surface area contributed by atoms with Gasteiger partial charge in [-0.05, 0) is 31.0 Å². The molecule has 2 amide bonds. The number of nitrogens with one attached hydrogen (secondary N) is 2. The Labute approximate surface area is 108 Å². The fraction of sp³-hybridized carbons (Fsp3) is 0.462. The van der Waals surface area contributed by atoms with Crippen molar-refractivity contribution in [3.05, 3.63) is 24.3 Å². The summed E-state index contributed by atoms with van der Waals surface area (Å²) < 4.78 is 5.31. The highest BCUT2D eigenvalue weighted by atomic mass is 16.5. The van der Waals surface area contributed by atoms with Crippen LogP contribution in [0, 0.1) is 0 Å². The molecule has 1 aromatic carbocycles. The summed E-state index contributed by atoms with van der Waals surface area (Å²) in [5, 5.41) is 5.47. The van der Waals surface area contributed by atoms with Crippen LogP contribution in [0.5, 0.6) is 0 Å². The van der Waals surface area contributed by atoms with Gasteiger partial charge in [0.05, 0.1) is 0 Å². The Morgan fingerprint density at radius 2 is 2.22 bits per heavy atom. The van der Waals surface area contributed by atoms with Crippen LogP contribution < -0.4 is 16.4 Å². The molecule has 0 saturated carbocycles. The number of nitrogens with two attached hydrogens (primary N) is 1. The first-order chi connectivity index (χ1) is 8.72. The van der Waals surface area contributed by atoms with Crippen LogP contribution in [-0.2, 0) is 4.74 Å². The quantitative estimate of drug-likeness (QED) is 0.513. The van der Waals surface area contributed by atoms with Gasteiger partial charge in [-0.25, -0.2) is 4.79 Å². The van der Waals surface area contributed by atoms with Crippen molar-refractivity contribution in [2.24, 2.45) is 0 Å². The fourth-order valence-electron chi connectivity index (χ4n) is 1.41. The molecule has 100 valence electrons. The van der Waals surface area contributed by atoms with Gasteiger partial charge in [-0.1, -0.05) is 13.0 Å². The first-order valence-electron chi connectivity index (χ1n) is 6.20. The largest absolute Gasteiger partial charge is 0.399 e. The Morgan fingerprint density at radius 3 is 2.94 bits per heavy atom. The minimum Gasteiger partial charge on any atom is -0.399 e. The van der Waals surface area contributed by atoms with Crippen molar-refractivity contribution in [3.63, 3.8) is 0 Å². The standard InChI is InChI=1S/C13H21N3O2/c1-2-8-18-9-4-7-15-13(17)16-12-6-3-5-11(14)10-12/h3,5-6,10H,2,4,7-9,14H2,1H3,(H2,15,16,17). The van der Waals surface area contributed by atoms with Gasteiger partial charge in [0.15, 0.2) is 0 Å². The van der Waals surface area contributed by atoms with Gasteiger partial charge in [-0.15, -0.1) is 0 Å². The van der Waals surface area contributed by atoms with E-state index in [1.165, 1.54) is 0 Å². The molecule has 1 aromatic rings. The summed E-state index contributed by atoms with van der Waals surface area (Å²) in [7, 11) is 0. The molecule has 0 unspecified atom stereocenters. The molecule has 4 N–H and O–H groups in total. The molecular formula is C13H21N3O2. The molecule has 5 nitrogen and oxygen atoms in total. The second-order valence-corrected chi connectivity index (χ2v) is 3.97. The monoisotopic (exact) mass is 251 g/mol. The number of ether oxygens (including phenoxy) is 1. The summed E-state index contributed by atoms with van der Waals surface area (Å²) in [6, 6.07) is 6.85. The molecule has 0 saturated heterocycles. The SMILES string of the molecule is CCCOCCCNC(=O)Nc1cccc(N)c1. The predicted molar refractivity (Wildman–Crippen MR) is 73.6 cm³/mol. The zero-order valence-corrected chi connectivity index (χ0v) is 10.7. The predicted octanol–water partition coefficient (Wildman–Crippen LogP) is 2.21. The van der Waals surface area contributed by atoms with Crippen molar-refractivity contribution >= 4 is 17.4 Å². The zero-order chi connectivity index (χ0) is 13.2. The van der Waals surface area contributed by atoms with Crippen LogP contribution in [0.2, 0.25) is 0 Å². The van der Waals surface area contributed by atoms with Crippen molar-refractivity contribution in [2.75, 3.05) is 30.8 Å². The Kier molecular flexibility index (Phi) is 6.64. The molecule has 0 radical (unpaired) electrons. The number of carbonyl (C=O) groups is 1. The number of amides is 2. The topological polar surface area (TPSA) is 76.4 Å². The van der Waals surface area contributed by atoms with Crippen molar-refractivity contribution in [1.82, 2.24) is 5.32 Å². The zero-order valence-electron chi connectivity index (χ0n) is 10.7. The summed E-state index contributed by atoms with van der Waals surface area (Å²) in [4.78, 5) is 11.5. The van der Waals surface area contributed by atoms with E-state index in [1.54, 1.807) is 24.3 Å². The third-order valence-electron chi connectivity index (χ3n) is 2.24. The second-order valence-electron chi connectivity index (χ2n) is 3.97. The lowest BCUT2D eigenvalue weighted by atomic mass is 10.3. The lowest BCUT2D eigenvalue weighted by molar-refractivity contribution is 0.132. The van der Waals surface area contributed by atoms with Gasteiger partial charge in [0.25, 0.3) is 0 Å². The number of anilines is 2. The van der Waals surface area contributed by atoms with Crippen molar-refractivity contribution in [1.29, 1.82) is 0 Å². The number of rotatable bonds is 7. The van der Waals surface area contributed by atoms with Crippen molar-refractivity contribution in [2.45, 2.75) is 19.8 Å². The third kappa shape index (κ3) is 6.10. The molecule has 1 rings (SSSR count). The van der Waals surface area contributed by atoms with Gasteiger partial charge in [-0.2, -0.15) is 0 Å². The van der Waals surface area contributed by atoms with Gasteiger partial charge < -0.3 is 21.1 Å². The lowest BCUT2D eigenvalue weighted by Crippen LogP contribution is -2.30. The maximum absolute atomic E-state index is 11.5. The highest BCUT2D eigenvalue weighted by Crippen LogP contribution is 2.11. The Balaban J connectivity index is 2.14. The average molecular weight is 251 g/mol. The van der Waals surface area contributed by atoms with Crippen LogP contribution in [0.1, 0.15) is 19.8 Å². The van der Waals surface area contributed by atoms with E-state index in [-0.39, 0.29) is 6.03 Å². The molecule has 0 aromatic heterocycles. The molecule has 18 heavy (non-hydrogen) atoms. The molecule has 0 aliphatic carbocycles. The van der Waals surface area contributed by atoms with Crippen LogP contribution in [0.25, 0.3) is 0 Å². The molecule has 0 bridgehead atoms. The van der Waals surface area contributed by atoms with Gasteiger partial charge in [-0.3, -0.25) is 0 Å². The van der Waals surface area contributed by atoms with Crippen LogP contribution in [0.3, 0.4) is 0 Å². The highest BCUT2D eigenvalue weighted by molar-refractivity contribution is 5.89. The van der Waals surface area contributed by atoms with Crippen molar-refractivity contribution in [3.8, 4) is 0 Å². The van der Waals surface area contributed by atoms with Crippen LogP contribution in [0.15, 0.2) is 24.3 Å². The Bertz CT molecular complexity index is 369. The Hall–Kier alpha value is -1.75. The second kappa shape index (κ2) is 8.36. The van der Waals surface area contributed by atoms with E-state index in [0.29, 0.717) is 24.5 Å². The first-order valence-corrected chi connectivity index (χ1v) is 6.20. The van der Waals surface area contributed by atoms with Crippen LogP contribution >= 0.6 is 0 Å². The van der Waals surface area contributed by atoms with E-state index in [9.17, 15) is 4.79 Å². The minimum atomic E-state index is -0.226. The molecule has 0 aliphatic rings. The number of hydrogen-bond donors (Lipinski definition) is 3. The molecule has 5 heteroatoms. The molecule has 0 spiro atoms. The third-order valence-corrected chi connectivity index (χ3v) is 2.24. The van der Waals surface area contributed by atoms with E-state index in [1.807, 2.05) is 0 Å². The summed E-state index contributed by atoms with van der Waals surface area (Å²) in [6.45, 7) is 4.11. The molecule has 0 fully saturated rings. The molecular weight excluding hydrogens is 230 g/mol. The van der Waals surface area contributed by atoms with Crippen LogP contribution in [0.4, 0.5) is 16.2 Å². The number of urea groups is 1. The molecule has 0 aliphatic heterocycles. The maximum Gasteiger partial charge on any atom is 0.319 e. The minimum absolute atomic E-state index is 0.226. The number of nitrogen functional groups attached to an aromatic ring is 1. The molecule has 0 heterocycles. The van der Waals surface area contributed by atoms with Gasteiger partial charge >= 0.3 is 6.03 Å². The summed E-state index contributed by atoms with van der Waals surface area (Å²) in [6.07, 6.45) is 1.83. The van der Waals surface area contributed by atoms with E-state index in [0.717, 1.165) is 19.4 Å². The van der Waals surface area contributed by atoms with Gasteiger partial charge in [0.1, 0.15) is 0 Å². The average Bonchev–Trinajstić information content (AvgIpc) is 2.33. The van der Waals surface area contributed by atoms with Crippen LogP contribution in [-0.4, -0.2) is 25.8 Å². The highest BCUT2D eigenvalue weighted by Gasteiger charge is 2.00. The maximum atomic E-state index is 11.5. The van der Waals surface area contributed by atoms with E-state index in [2.05, 4.69) is 17.6 Å². The smallest absolute Gasteiger partial charge is 0.319 e. The molecule has 0 atom stereocenters. The number of benzene rings is 1. The summed E-state index contributed by atoms with van der Waals surface area (Å²) in [5.74, 6) is 0. The van der Waals surface area contributed by atoms with E-state index < -0.39 is 0 Å². The first kappa shape index (κ1) is 14.3. The van der Waals surface area contributed by atoms with E-state index >= 15 is 0 Å². The Morgan fingerprint density at radius 1 is 1.39 bits per heavy atom. The van der Waals surface area contributed by atoms with Gasteiger partial charge in [0.2, 0.25) is 0 Å². The number of hydrogen-bond acceptors (Lipinski definition) is 3. The normalized spacial score (nSPS) is 10.1. The lowest BCUT2D eigenvalue weighted by Gasteiger charge is -2.08. The van der Waals surface area contributed by atoms with E-state index in [4.69, 9.17) is 10.5 Å². The summed E-state index contributed by atoms with van der Waals surface area (Å²) in [5.41, 5.74) is 6.93. The summed E-state index contributed by atoms with van der Waals surface area (Å²) >= 11 is 0. The van der Waals surface area contributed by atoms with Gasteiger partial charge in [0, 0.05) is 31.1 Å². The number of carbonyl (C=O) groups excluding carboxylic acids is 1. The fourth-order valence-corrected chi connectivity index (χ4v) is 1.41.